The van der Waals surface area contributed by atoms with Crippen LogP contribution in [0.25, 0.3) is 0 Å². The molecule has 0 fully saturated rings. The molecule has 0 N–H and O–H groups in total. The molecule has 70 valence electrons. The second kappa shape index (κ2) is 3.79. The van der Waals surface area contributed by atoms with Crippen LogP contribution in [0.15, 0.2) is 0 Å². The molecule has 6 heteroatoms. The standard InChI is InChI=1S/C7H9N3O3/c1-3-13-7(12)6-8-5(4-11)10(2)9-6/h4H,3H2,1-2H3. The third kappa shape index (κ3) is 1.90. The van der Waals surface area contributed by atoms with E-state index in [0.29, 0.717) is 6.29 Å². The number of aryl methyl sites for hydroxylation is 1. The van der Waals surface area contributed by atoms with Gasteiger partial charge in [0.1, 0.15) is 0 Å². The van der Waals surface area contributed by atoms with Crippen molar-refractivity contribution in [2.45, 2.75) is 6.92 Å². The van der Waals surface area contributed by atoms with Crippen LogP contribution in [0.3, 0.4) is 0 Å². The van der Waals surface area contributed by atoms with Gasteiger partial charge in [-0.1, -0.05) is 0 Å². The summed E-state index contributed by atoms with van der Waals surface area (Å²) in [5.41, 5.74) is 0. The molecular formula is C7H9N3O3. The summed E-state index contributed by atoms with van der Waals surface area (Å²) in [6, 6.07) is 0. The minimum absolute atomic E-state index is 0.0912. The van der Waals surface area contributed by atoms with E-state index >= 15 is 0 Å². The maximum Gasteiger partial charge on any atom is 0.378 e. The quantitative estimate of drug-likeness (QED) is 0.479. The maximum atomic E-state index is 11.0. The topological polar surface area (TPSA) is 74.1 Å². The van der Waals surface area contributed by atoms with Crippen molar-refractivity contribution in [1.82, 2.24) is 14.8 Å². The van der Waals surface area contributed by atoms with Gasteiger partial charge in [-0.25, -0.2) is 9.48 Å². The zero-order chi connectivity index (χ0) is 9.84. The number of ether oxygens (including phenoxy) is 1. The molecule has 1 heterocycles. The van der Waals surface area contributed by atoms with E-state index < -0.39 is 5.97 Å². The molecule has 0 aliphatic rings. The number of hydrogen-bond acceptors (Lipinski definition) is 5. The summed E-state index contributed by atoms with van der Waals surface area (Å²) in [6.07, 6.45) is 0.524. The number of carbonyl (C=O) groups excluding carboxylic acids is 2. The van der Waals surface area contributed by atoms with Crippen molar-refractivity contribution in [2.75, 3.05) is 6.61 Å². The van der Waals surface area contributed by atoms with E-state index in [9.17, 15) is 9.59 Å². The Hall–Kier alpha value is -1.72. The molecule has 0 atom stereocenters. The molecule has 1 aromatic rings. The van der Waals surface area contributed by atoms with Crippen LogP contribution >= 0.6 is 0 Å². The molecule has 0 unspecified atom stereocenters. The van der Waals surface area contributed by atoms with Gasteiger partial charge in [0.05, 0.1) is 6.61 Å². The lowest BCUT2D eigenvalue weighted by Crippen LogP contribution is -2.07. The fraction of sp³-hybridized carbons (Fsp3) is 0.429. The lowest BCUT2D eigenvalue weighted by molar-refractivity contribution is 0.0512. The number of rotatable bonds is 3. The highest BCUT2D eigenvalue weighted by atomic mass is 16.5. The van der Waals surface area contributed by atoms with E-state index in [2.05, 4.69) is 14.8 Å². The van der Waals surface area contributed by atoms with Crippen LogP contribution in [-0.2, 0) is 11.8 Å². The third-order valence-electron chi connectivity index (χ3n) is 1.36. The second-order valence-electron chi connectivity index (χ2n) is 2.26. The number of esters is 1. The molecule has 0 aliphatic heterocycles. The fourth-order valence-corrected chi connectivity index (χ4v) is 0.781. The van der Waals surface area contributed by atoms with Crippen molar-refractivity contribution in [3.63, 3.8) is 0 Å². The van der Waals surface area contributed by atoms with E-state index in [1.54, 1.807) is 6.92 Å². The van der Waals surface area contributed by atoms with E-state index in [0.717, 1.165) is 0 Å². The molecule has 0 bridgehead atoms. The summed E-state index contributed by atoms with van der Waals surface area (Å²) in [7, 11) is 1.53. The third-order valence-corrected chi connectivity index (χ3v) is 1.36. The summed E-state index contributed by atoms with van der Waals surface area (Å²) >= 11 is 0. The van der Waals surface area contributed by atoms with Gasteiger partial charge < -0.3 is 4.74 Å². The normalized spacial score (nSPS) is 9.69. The predicted octanol–water partition coefficient (Wildman–Crippen LogP) is -0.196. The summed E-state index contributed by atoms with van der Waals surface area (Å²) in [4.78, 5) is 25.1. The number of aromatic nitrogens is 3. The van der Waals surface area contributed by atoms with E-state index in [4.69, 9.17) is 0 Å². The minimum atomic E-state index is -0.619. The van der Waals surface area contributed by atoms with Crippen molar-refractivity contribution in [1.29, 1.82) is 0 Å². The average Bonchev–Trinajstić information content (AvgIpc) is 2.47. The average molecular weight is 183 g/mol. The SMILES string of the molecule is CCOC(=O)c1nc(C=O)n(C)n1. The summed E-state index contributed by atoms with van der Waals surface area (Å²) in [5, 5.41) is 3.70. The van der Waals surface area contributed by atoms with Crippen LogP contribution in [0.4, 0.5) is 0 Å². The minimum Gasteiger partial charge on any atom is -0.460 e. The molecule has 1 aromatic heterocycles. The second-order valence-corrected chi connectivity index (χ2v) is 2.26. The Bertz CT molecular complexity index is 332. The Balaban J connectivity index is 2.90. The first kappa shape index (κ1) is 9.37. The van der Waals surface area contributed by atoms with Gasteiger partial charge >= 0.3 is 5.97 Å². The highest BCUT2D eigenvalue weighted by molar-refractivity contribution is 5.86. The molecule has 0 radical (unpaired) electrons. The molecule has 0 amide bonds. The molecule has 0 spiro atoms. The van der Waals surface area contributed by atoms with Crippen molar-refractivity contribution >= 4 is 12.3 Å². The van der Waals surface area contributed by atoms with Crippen LogP contribution < -0.4 is 0 Å². The number of carbonyl (C=O) groups is 2. The molecule has 0 aromatic carbocycles. The first-order valence-electron chi connectivity index (χ1n) is 3.72. The Kier molecular flexibility index (Phi) is 2.73. The smallest absolute Gasteiger partial charge is 0.378 e. The van der Waals surface area contributed by atoms with Gasteiger partial charge in [0.15, 0.2) is 12.1 Å². The van der Waals surface area contributed by atoms with Crippen molar-refractivity contribution < 1.29 is 14.3 Å². The van der Waals surface area contributed by atoms with Crippen molar-refractivity contribution in [2.24, 2.45) is 7.05 Å². The maximum absolute atomic E-state index is 11.0. The van der Waals surface area contributed by atoms with Gasteiger partial charge in [0.25, 0.3) is 5.82 Å². The van der Waals surface area contributed by atoms with Gasteiger partial charge in [-0.2, -0.15) is 4.98 Å². The summed E-state index contributed by atoms with van der Waals surface area (Å²) < 4.78 is 5.87. The van der Waals surface area contributed by atoms with Gasteiger partial charge in [-0.05, 0) is 6.92 Å². The molecule has 6 nitrogen and oxygen atoms in total. The largest absolute Gasteiger partial charge is 0.460 e. The van der Waals surface area contributed by atoms with E-state index in [1.165, 1.54) is 11.7 Å². The zero-order valence-electron chi connectivity index (χ0n) is 7.35. The van der Waals surface area contributed by atoms with Crippen molar-refractivity contribution in [3.8, 4) is 0 Å². The zero-order valence-corrected chi connectivity index (χ0v) is 7.35. The van der Waals surface area contributed by atoms with Gasteiger partial charge in [0.2, 0.25) is 0 Å². The van der Waals surface area contributed by atoms with Gasteiger partial charge in [-0.3, -0.25) is 4.79 Å². The molecular weight excluding hydrogens is 174 g/mol. The molecule has 0 saturated carbocycles. The number of aldehydes is 1. The molecule has 13 heavy (non-hydrogen) atoms. The van der Waals surface area contributed by atoms with Crippen LogP contribution in [0.5, 0.6) is 0 Å². The highest BCUT2D eigenvalue weighted by Crippen LogP contribution is 1.96. The monoisotopic (exact) mass is 183 g/mol. The van der Waals surface area contributed by atoms with Crippen LogP contribution in [-0.4, -0.2) is 33.6 Å². The van der Waals surface area contributed by atoms with Crippen LogP contribution in [0, 0.1) is 0 Å². The Morgan fingerprint density at radius 3 is 2.85 bits per heavy atom. The van der Waals surface area contributed by atoms with Crippen LogP contribution in [0.2, 0.25) is 0 Å². The summed E-state index contributed by atoms with van der Waals surface area (Å²) in [5.74, 6) is -0.610. The number of hydrogen-bond donors (Lipinski definition) is 0. The Morgan fingerprint density at radius 1 is 1.69 bits per heavy atom. The van der Waals surface area contributed by atoms with E-state index in [1.807, 2.05) is 0 Å². The van der Waals surface area contributed by atoms with Crippen LogP contribution in [0.1, 0.15) is 28.2 Å². The van der Waals surface area contributed by atoms with Crippen molar-refractivity contribution in [3.05, 3.63) is 11.6 Å². The highest BCUT2D eigenvalue weighted by Gasteiger charge is 2.14. The fourth-order valence-electron chi connectivity index (χ4n) is 0.781. The Labute approximate surface area is 74.5 Å². The lowest BCUT2D eigenvalue weighted by Gasteiger charge is -1.94. The molecule has 1 rings (SSSR count). The van der Waals surface area contributed by atoms with Gasteiger partial charge in [0, 0.05) is 7.05 Å². The Morgan fingerprint density at radius 2 is 2.38 bits per heavy atom. The lowest BCUT2D eigenvalue weighted by atomic mass is 10.6. The first-order chi connectivity index (χ1) is 6.19. The molecule has 0 aliphatic carbocycles. The summed E-state index contributed by atoms with van der Waals surface area (Å²) in [6.45, 7) is 1.94. The number of nitrogens with zero attached hydrogens (tertiary/aromatic N) is 3. The van der Waals surface area contributed by atoms with Gasteiger partial charge in [-0.15, -0.1) is 5.10 Å². The molecule has 0 saturated heterocycles. The van der Waals surface area contributed by atoms with E-state index in [-0.39, 0.29) is 18.3 Å². The first-order valence-corrected chi connectivity index (χ1v) is 3.72. The predicted molar refractivity (Wildman–Crippen MR) is 42.3 cm³/mol.